The van der Waals surface area contributed by atoms with E-state index >= 15 is 0 Å². The summed E-state index contributed by atoms with van der Waals surface area (Å²) in [5.74, 6) is 1.000. The predicted octanol–water partition coefficient (Wildman–Crippen LogP) is 2.83. The summed E-state index contributed by atoms with van der Waals surface area (Å²) >= 11 is 0. The first kappa shape index (κ1) is 16.2. The zero-order valence-corrected chi connectivity index (χ0v) is 15.0. The van der Waals surface area contributed by atoms with Crippen molar-refractivity contribution in [1.82, 2.24) is 9.80 Å². The quantitative estimate of drug-likeness (QED) is 0.845. The zero-order chi connectivity index (χ0) is 16.4. The van der Waals surface area contributed by atoms with Crippen LogP contribution in [-0.2, 0) is 0 Å². The number of rotatable bonds is 4. The third-order valence-corrected chi connectivity index (χ3v) is 6.28. The summed E-state index contributed by atoms with van der Waals surface area (Å²) in [6.07, 6.45) is 7.10. The third-order valence-electron chi connectivity index (χ3n) is 6.28. The van der Waals surface area contributed by atoms with Gasteiger partial charge in [0.1, 0.15) is 5.75 Å². The maximum atomic E-state index is 5.54. The summed E-state index contributed by atoms with van der Waals surface area (Å²) in [6, 6.07) is 10.1. The van der Waals surface area contributed by atoms with Gasteiger partial charge < -0.3 is 9.64 Å². The van der Waals surface area contributed by atoms with Crippen LogP contribution in [0.1, 0.15) is 32.1 Å². The summed E-state index contributed by atoms with van der Waals surface area (Å²) in [4.78, 5) is 8.02. The average Bonchev–Trinajstić information content (AvgIpc) is 2.61. The Kier molecular flexibility index (Phi) is 4.95. The van der Waals surface area contributed by atoms with Gasteiger partial charge in [-0.3, -0.25) is 9.80 Å². The Balaban J connectivity index is 1.34. The van der Waals surface area contributed by atoms with E-state index in [1.54, 1.807) is 7.11 Å². The minimum absolute atomic E-state index is 0.777. The van der Waals surface area contributed by atoms with Gasteiger partial charge >= 0.3 is 0 Å². The fraction of sp³-hybridized carbons (Fsp3) is 0.700. The molecule has 1 aromatic rings. The van der Waals surface area contributed by atoms with Crippen LogP contribution in [0.15, 0.2) is 24.3 Å². The molecule has 1 atom stereocenters. The van der Waals surface area contributed by atoms with Gasteiger partial charge in [0, 0.05) is 44.8 Å². The number of benzene rings is 1. The second-order valence-electron chi connectivity index (χ2n) is 7.57. The maximum absolute atomic E-state index is 5.54. The van der Waals surface area contributed by atoms with E-state index in [-0.39, 0.29) is 0 Å². The molecule has 1 saturated carbocycles. The van der Waals surface area contributed by atoms with E-state index in [9.17, 15) is 0 Å². The molecular weight excluding hydrogens is 298 g/mol. The highest BCUT2D eigenvalue weighted by Crippen LogP contribution is 2.31. The molecule has 4 nitrogen and oxygen atoms in total. The molecular formula is C20H31N3O. The lowest BCUT2D eigenvalue weighted by Gasteiger charge is -2.47. The Hall–Kier alpha value is -1.26. The van der Waals surface area contributed by atoms with Gasteiger partial charge in [-0.15, -0.1) is 0 Å². The number of hydrogen-bond acceptors (Lipinski definition) is 4. The molecule has 2 saturated heterocycles. The second kappa shape index (κ2) is 7.32. The molecule has 0 aromatic heterocycles. The van der Waals surface area contributed by atoms with E-state index < -0.39 is 0 Å². The minimum atomic E-state index is 0.777. The molecule has 2 aliphatic heterocycles. The highest BCUT2D eigenvalue weighted by atomic mass is 16.5. The molecule has 0 spiro atoms. The highest BCUT2D eigenvalue weighted by molar-refractivity contribution is 5.58. The Morgan fingerprint density at radius 3 is 2.29 bits per heavy atom. The first-order chi connectivity index (χ1) is 11.8. The van der Waals surface area contributed by atoms with Crippen molar-refractivity contribution in [3.05, 3.63) is 24.3 Å². The minimum Gasteiger partial charge on any atom is -0.495 e. The second-order valence-corrected chi connectivity index (χ2v) is 7.57. The molecule has 132 valence electrons. The van der Waals surface area contributed by atoms with Gasteiger partial charge in [0.05, 0.1) is 12.8 Å². The molecule has 3 fully saturated rings. The topological polar surface area (TPSA) is 19.0 Å². The first-order valence-corrected chi connectivity index (χ1v) is 9.71. The number of likely N-dealkylation sites (tertiary alicyclic amines) is 1. The maximum Gasteiger partial charge on any atom is 0.142 e. The van der Waals surface area contributed by atoms with E-state index in [4.69, 9.17) is 4.74 Å². The summed E-state index contributed by atoms with van der Waals surface area (Å²) in [5.41, 5.74) is 1.25. The highest BCUT2D eigenvalue weighted by Gasteiger charge is 2.33. The number of methoxy groups -OCH3 is 1. The number of ether oxygens (including phenoxy) is 1. The van der Waals surface area contributed by atoms with Crippen LogP contribution in [0.2, 0.25) is 0 Å². The summed E-state index contributed by atoms with van der Waals surface area (Å²) < 4.78 is 5.54. The van der Waals surface area contributed by atoms with E-state index in [2.05, 4.69) is 39.0 Å². The van der Waals surface area contributed by atoms with Crippen LogP contribution in [0, 0.1) is 0 Å². The van der Waals surface area contributed by atoms with Crippen LogP contribution in [0.5, 0.6) is 5.75 Å². The van der Waals surface area contributed by atoms with Crippen molar-refractivity contribution >= 4 is 5.69 Å². The Morgan fingerprint density at radius 2 is 1.58 bits per heavy atom. The molecule has 2 heterocycles. The zero-order valence-electron chi connectivity index (χ0n) is 15.0. The molecule has 3 aliphatic rings. The van der Waals surface area contributed by atoms with Gasteiger partial charge in [-0.25, -0.2) is 0 Å². The van der Waals surface area contributed by atoms with Crippen molar-refractivity contribution in [2.45, 2.75) is 44.2 Å². The lowest BCUT2D eigenvalue weighted by atomic mass is 9.89. The fourth-order valence-electron chi connectivity index (χ4n) is 4.58. The summed E-state index contributed by atoms with van der Waals surface area (Å²) in [7, 11) is 1.77. The monoisotopic (exact) mass is 329 g/mol. The van der Waals surface area contributed by atoms with E-state index in [0.717, 1.165) is 30.9 Å². The van der Waals surface area contributed by atoms with E-state index in [1.807, 2.05) is 0 Å². The summed E-state index contributed by atoms with van der Waals surface area (Å²) in [6.45, 7) is 7.23. The van der Waals surface area contributed by atoms with Crippen LogP contribution >= 0.6 is 0 Å². The third kappa shape index (κ3) is 3.27. The van der Waals surface area contributed by atoms with Crippen LogP contribution in [0.3, 0.4) is 0 Å². The average molecular weight is 329 g/mol. The SMILES string of the molecule is COc1ccccc1N1CCN([C@H]2CCCN(C3CCC3)C2)CC1. The molecule has 0 N–H and O–H groups in total. The Labute approximate surface area is 146 Å². The van der Waals surface area contributed by atoms with Gasteiger partial charge in [-0.1, -0.05) is 18.6 Å². The molecule has 0 radical (unpaired) electrons. The molecule has 0 unspecified atom stereocenters. The molecule has 4 rings (SSSR count). The first-order valence-electron chi connectivity index (χ1n) is 9.71. The smallest absolute Gasteiger partial charge is 0.142 e. The normalized spacial score (nSPS) is 27.0. The number of para-hydroxylation sites is 2. The number of anilines is 1. The van der Waals surface area contributed by atoms with Crippen molar-refractivity contribution < 1.29 is 4.74 Å². The largest absolute Gasteiger partial charge is 0.495 e. The van der Waals surface area contributed by atoms with Gasteiger partial charge in [0.2, 0.25) is 0 Å². The van der Waals surface area contributed by atoms with Crippen molar-refractivity contribution in [2.24, 2.45) is 0 Å². The van der Waals surface area contributed by atoms with Crippen LogP contribution < -0.4 is 9.64 Å². The molecule has 0 amide bonds. The van der Waals surface area contributed by atoms with Crippen LogP contribution in [0.25, 0.3) is 0 Å². The number of nitrogens with zero attached hydrogens (tertiary/aromatic N) is 3. The number of hydrogen-bond donors (Lipinski definition) is 0. The standard InChI is InChI=1S/C20H31N3O/c1-24-20-10-3-2-9-19(20)22-14-12-21(13-15-22)18-8-5-11-23(16-18)17-6-4-7-17/h2-3,9-10,17-18H,4-8,11-16H2,1H3/t18-/m0/s1. The Morgan fingerprint density at radius 1 is 0.833 bits per heavy atom. The van der Waals surface area contributed by atoms with Crippen molar-refractivity contribution in [2.75, 3.05) is 51.3 Å². The van der Waals surface area contributed by atoms with Crippen molar-refractivity contribution in [3.8, 4) is 5.75 Å². The molecule has 0 bridgehead atoms. The molecule has 1 aliphatic carbocycles. The van der Waals surface area contributed by atoms with Crippen molar-refractivity contribution in [3.63, 3.8) is 0 Å². The lowest BCUT2D eigenvalue weighted by molar-refractivity contribution is 0.0419. The van der Waals surface area contributed by atoms with E-state index in [1.165, 1.54) is 64.0 Å². The Bertz CT molecular complexity index is 537. The van der Waals surface area contributed by atoms with Crippen molar-refractivity contribution in [1.29, 1.82) is 0 Å². The lowest BCUT2D eigenvalue weighted by Crippen LogP contribution is -2.57. The molecule has 4 heteroatoms. The number of piperidine rings is 1. The molecule has 24 heavy (non-hydrogen) atoms. The summed E-state index contributed by atoms with van der Waals surface area (Å²) in [5, 5.41) is 0. The molecule has 1 aromatic carbocycles. The fourth-order valence-corrected chi connectivity index (χ4v) is 4.58. The van der Waals surface area contributed by atoms with E-state index in [0.29, 0.717) is 0 Å². The van der Waals surface area contributed by atoms with Crippen LogP contribution in [0.4, 0.5) is 5.69 Å². The van der Waals surface area contributed by atoms with Gasteiger partial charge in [-0.2, -0.15) is 0 Å². The van der Waals surface area contributed by atoms with Gasteiger partial charge in [0.15, 0.2) is 0 Å². The van der Waals surface area contributed by atoms with Crippen LogP contribution in [-0.4, -0.2) is 68.3 Å². The van der Waals surface area contributed by atoms with Gasteiger partial charge in [0.25, 0.3) is 0 Å². The predicted molar refractivity (Wildman–Crippen MR) is 99.0 cm³/mol. The number of piperazine rings is 1. The van der Waals surface area contributed by atoms with Gasteiger partial charge in [-0.05, 0) is 44.4 Å².